The molecule has 0 saturated carbocycles. The summed E-state index contributed by atoms with van der Waals surface area (Å²) in [5.74, 6) is 0.799. The Bertz CT molecular complexity index is 1100. The Morgan fingerprint density at radius 1 is 1.09 bits per heavy atom. The Morgan fingerprint density at radius 2 is 1.88 bits per heavy atom. The maximum Gasteiger partial charge on any atom is 0.270 e. The number of carbonyl (C=O) groups is 2. The number of hydrazine groups is 1. The van der Waals surface area contributed by atoms with E-state index in [2.05, 4.69) is 22.8 Å². The molecule has 0 saturated heterocycles. The Kier molecular flexibility index (Phi) is 9.14. The molecule has 0 atom stereocenters. The van der Waals surface area contributed by atoms with E-state index >= 15 is 0 Å². The van der Waals surface area contributed by atoms with Gasteiger partial charge < -0.3 is 9.47 Å². The number of amides is 2. The van der Waals surface area contributed by atoms with E-state index in [1.54, 1.807) is 53.4 Å². The van der Waals surface area contributed by atoms with Crippen LogP contribution in [0.1, 0.15) is 51.7 Å². The highest BCUT2D eigenvalue weighted by Gasteiger charge is 2.15. The molecule has 33 heavy (non-hydrogen) atoms. The molecular formula is C24H27N3O4S2. The number of nitrogens with zero attached hydrogens (tertiary/aromatic N) is 1. The monoisotopic (exact) mass is 485 g/mol. The minimum atomic E-state index is -0.452. The lowest BCUT2D eigenvalue weighted by Gasteiger charge is -2.13. The number of thioether (sulfide) groups is 1. The van der Waals surface area contributed by atoms with E-state index in [4.69, 9.17) is 9.47 Å². The summed E-state index contributed by atoms with van der Waals surface area (Å²) in [7, 11) is 1.52. The molecule has 0 aliphatic heterocycles. The summed E-state index contributed by atoms with van der Waals surface area (Å²) in [6, 6.07) is 12.2. The third-order valence-electron chi connectivity index (χ3n) is 4.68. The number of methoxy groups -OCH3 is 1. The van der Waals surface area contributed by atoms with Crippen molar-refractivity contribution < 1.29 is 19.1 Å². The van der Waals surface area contributed by atoms with Crippen molar-refractivity contribution in [3.05, 3.63) is 70.2 Å². The maximum atomic E-state index is 12.7. The Labute approximate surface area is 201 Å². The fourth-order valence-corrected chi connectivity index (χ4v) is 4.77. The summed E-state index contributed by atoms with van der Waals surface area (Å²) in [4.78, 5) is 29.8. The van der Waals surface area contributed by atoms with Gasteiger partial charge in [0.05, 0.1) is 13.7 Å². The van der Waals surface area contributed by atoms with Crippen molar-refractivity contribution in [2.45, 2.75) is 36.8 Å². The van der Waals surface area contributed by atoms with Crippen LogP contribution in [0.2, 0.25) is 0 Å². The highest BCUT2D eigenvalue weighted by atomic mass is 32.2. The van der Waals surface area contributed by atoms with Gasteiger partial charge >= 0.3 is 0 Å². The third kappa shape index (κ3) is 6.97. The van der Waals surface area contributed by atoms with Crippen LogP contribution < -0.4 is 20.3 Å². The molecule has 7 nitrogen and oxygen atoms in total. The quantitative estimate of drug-likeness (QED) is 0.238. The number of ether oxygens (including phenoxy) is 2. The van der Waals surface area contributed by atoms with Crippen molar-refractivity contribution in [3.8, 4) is 11.5 Å². The van der Waals surface area contributed by atoms with Gasteiger partial charge in [0, 0.05) is 28.0 Å². The van der Waals surface area contributed by atoms with Crippen molar-refractivity contribution in [3.63, 3.8) is 0 Å². The average molecular weight is 486 g/mol. The van der Waals surface area contributed by atoms with Gasteiger partial charge in [-0.25, -0.2) is 4.98 Å². The molecular weight excluding hydrogens is 458 g/mol. The predicted molar refractivity (Wildman–Crippen MR) is 131 cm³/mol. The van der Waals surface area contributed by atoms with Gasteiger partial charge in [-0.05, 0) is 43.2 Å². The van der Waals surface area contributed by atoms with E-state index in [0.717, 1.165) is 28.4 Å². The fourth-order valence-electron chi connectivity index (χ4n) is 2.91. The molecule has 3 aromatic rings. The number of hydrogen-bond acceptors (Lipinski definition) is 7. The molecule has 2 amide bonds. The zero-order valence-corrected chi connectivity index (χ0v) is 20.5. The van der Waals surface area contributed by atoms with Crippen molar-refractivity contribution in [1.29, 1.82) is 0 Å². The molecule has 0 aliphatic carbocycles. The lowest BCUT2D eigenvalue weighted by atomic mass is 10.1. The number of nitrogens with one attached hydrogen (secondary N) is 2. The highest BCUT2D eigenvalue weighted by molar-refractivity contribution is 8.00. The van der Waals surface area contributed by atoms with E-state index in [0.29, 0.717) is 35.0 Å². The molecule has 9 heteroatoms. The van der Waals surface area contributed by atoms with Gasteiger partial charge in [0.2, 0.25) is 0 Å². The number of carbonyl (C=O) groups excluding carboxylic acids is 2. The van der Waals surface area contributed by atoms with E-state index in [1.165, 1.54) is 7.11 Å². The first-order chi connectivity index (χ1) is 16.0. The second-order valence-corrected chi connectivity index (χ2v) is 9.26. The van der Waals surface area contributed by atoms with Gasteiger partial charge in [0.15, 0.2) is 11.5 Å². The number of benzene rings is 2. The summed E-state index contributed by atoms with van der Waals surface area (Å²) in [5.41, 5.74) is 7.65. The van der Waals surface area contributed by atoms with Crippen LogP contribution in [0.25, 0.3) is 0 Å². The zero-order chi connectivity index (χ0) is 23.6. The molecule has 0 aliphatic rings. The maximum absolute atomic E-state index is 12.7. The summed E-state index contributed by atoms with van der Waals surface area (Å²) in [6.45, 7) is 4.61. The number of aromatic nitrogens is 1. The van der Waals surface area contributed by atoms with Crippen LogP contribution in [0.3, 0.4) is 0 Å². The van der Waals surface area contributed by atoms with Gasteiger partial charge in [-0.15, -0.1) is 11.3 Å². The molecule has 0 radical (unpaired) electrons. The molecule has 2 N–H and O–H groups in total. The molecule has 0 unspecified atom stereocenters. The normalized spacial score (nSPS) is 10.5. The lowest BCUT2D eigenvalue weighted by Crippen LogP contribution is -2.41. The topological polar surface area (TPSA) is 89.6 Å². The largest absolute Gasteiger partial charge is 0.493 e. The van der Waals surface area contributed by atoms with Crippen LogP contribution in [0.5, 0.6) is 11.5 Å². The Hall–Kier alpha value is -3.04. The zero-order valence-electron chi connectivity index (χ0n) is 18.8. The van der Waals surface area contributed by atoms with Gasteiger partial charge in [0.25, 0.3) is 11.8 Å². The molecule has 0 fully saturated rings. The van der Waals surface area contributed by atoms with Crippen molar-refractivity contribution >= 4 is 34.9 Å². The second-order valence-electron chi connectivity index (χ2n) is 7.18. The van der Waals surface area contributed by atoms with E-state index in [-0.39, 0.29) is 5.91 Å². The second kappa shape index (κ2) is 12.3. The first-order valence-corrected chi connectivity index (χ1v) is 12.4. The summed E-state index contributed by atoms with van der Waals surface area (Å²) in [5, 5.41) is 2.00. The SMILES string of the molecule is CCCCOc1ccc(C(=O)NNC(=O)c2ccccc2CSc2nc(C)cs2)cc1OC. The summed E-state index contributed by atoms with van der Waals surface area (Å²) < 4.78 is 12.0. The van der Waals surface area contributed by atoms with Crippen molar-refractivity contribution in [2.75, 3.05) is 13.7 Å². The van der Waals surface area contributed by atoms with Crippen LogP contribution in [-0.2, 0) is 5.75 Å². The van der Waals surface area contributed by atoms with Crippen LogP contribution in [0.15, 0.2) is 52.2 Å². The van der Waals surface area contributed by atoms with Crippen LogP contribution >= 0.6 is 23.1 Å². The molecule has 1 aromatic heterocycles. The first-order valence-electron chi connectivity index (χ1n) is 10.6. The van der Waals surface area contributed by atoms with Crippen LogP contribution in [-0.4, -0.2) is 30.5 Å². The van der Waals surface area contributed by atoms with E-state index < -0.39 is 5.91 Å². The predicted octanol–water partition coefficient (Wildman–Crippen LogP) is 5.01. The highest BCUT2D eigenvalue weighted by Crippen LogP contribution is 2.29. The Balaban J connectivity index is 1.61. The minimum Gasteiger partial charge on any atom is -0.493 e. The van der Waals surface area contributed by atoms with Crippen LogP contribution in [0, 0.1) is 6.92 Å². The average Bonchev–Trinajstić information content (AvgIpc) is 3.26. The molecule has 3 rings (SSSR count). The molecule has 0 bridgehead atoms. The van der Waals surface area contributed by atoms with Gasteiger partial charge in [-0.2, -0.15) is 0 Å². The van der Waals surface area contributed by atoms with Gasteiger partial charge in [-0.1, -0.05) is 43.3 Å². The van der Waals surface area contributed by atoms with Crippen molar-refractivity contribution in [2.24, 2.45) is 0 Å². The van der Waals surface area contributed by atoms with Crippen LogP contribution in [0.4, 0.5) is 0 Å². The first kappa shape index (κ1) is 24.6. The molecule has 1 heterocycles. The van der Waals surface area contributed by atoms with Crippen molar-refractivity contribution in [1.82, 2.24) is 15.8 Å². The van der Waals surface area contributed by atoms with Gasteiger partial charge in [0.1, 0.15) is 4.34 Å². The Morgan fingerprint density at radius 3 is 2.61 bits per heavy atom. The summed E-state index contributed by atoms with van der Waals surface area (Å²) in [6.07, 6.45) is 1.95. The smallest absolute Gasteiger partial charge is 0.270 e. The molecule has 2 aromatic carbocycles. The molecule has 174 valence electrons. The molecule has 0 spiro atoms. The standard InChI is InChI=1S/C24H27N3O4S2/c1-4-5-12-31-20-11-10-17(13-21(20)30-3)22(28)26-27-23(29)19-9-7-6-8-18(19)15-33-24-25-16(2)14-32-24/h6-11,13-14H,4-5,12,15H2,1-3H3,(H,26,28)(H,27,29). The number of unbranched alkanes of at least 4 members (excludes halogenated alkanes) is 1. The lowest BCUT2D eigenvalue weighted by molar-refractivity contribution is 0.0846. The number of thiazole rings is 1. The number of aryl methyl sites for hydroxylation is 1. The van der Waals surface area contributed by atoms with Gasteiger partial charge in [-0.3, -0.25) is 20.4 Å². The van der Waals surface area contributed by atoms with E-state index in [9.17, 15) is 9.59 Å². The van der Waals surface area contributed by atoms with E-state index in [1.807, 2.05) is 24.4 Å². The summed E-state index contributed by atoms with van der Waals surface area (Å²) >= 11 is 3.15. The third-order valence-corrected chi connectivity index (χ3v) is 6.87. The number of hydrogen-bond donors (Lipinski definition) is 2. The fraction of sp³-hybridized carbons (Fsp3) is 0.292. The minimum absolute atomic E-state index is 0.345. The number of rotatable bonds is 10.